The Balaban J connectivity index is 1.53. The minimum absolute atomic E-state index is 0.172. The van der Waals surface area contributed by atoms with Crippen LogP contribution in [-0.4, -0.2) is 38.5 Å². The lowest BCUT2D eigenvalue weighted by atomic mass is 9.97. The van der Waals surface area contributed by atoms with Crippen molar-refractivity contribution in [1.29, 1.82) is 0 Å². The second-order valence-corrected chi connectivity index (χ2v) is 7.68. The number of fused-ring (bicyclic) bond motifs is 1. The molecule has 116 valence electrons. The zero-order valence-electron chi connectivity index (χ0n) is 12.2. The maximum atomic E-state index is 11.2. The van der Waals surface area contributed by atoms with Crippen LogP contribution in [0.3, 0.4) is 0 Å². The Hall–Kier alpha value is -0.950. The summed E-state index contributed by atoms with van der Waals surface area (Å²) in [6.07, 6.45) is 5.11. The van der Waals surface area contributed by atoms with E-state index in [0.29, 0.717) is 6.04 Å². The monoisotopic (exact) mass is 309 g/mol. The average molecular weight is 309 g/mol. The van der Waals surface area contributed by atoms with Gasteiger partial charge in [-0.15, -0.1) is 0 Å². The van der Waals surface area contributed by atoms with Crippen LogP contribution in [0.25, 0.3) is 0 Å². The van der Waals surface area contributed by atoms with Crippen molar-refractivity contribution in [1.82, 2.24) is 10.2 Å². The van der Waals surface area contributed by atoms with E-state index in [2.05, 4.69) is 10.2 Å². The Morgan fingerprint density at radius 3 is 2.67 bits per heavy atom. The van der Waals surface area contributed by atoms with E-state index in [1.54, 1.807) is 12.1 Å². The van der Waals surface area contributed by atoms with Crippen molar-refractivity contribution in [2.24, 2.45) is 5.14 Å². The number of hydrogen-bond acceptors (Lipinski definition) is 4. The lowest BCUT2D eigenvalue weighted by Crippen LogP contribution is -2.45. The average Bonchev–Trinajstić information content (AvgIpc) is 2.92. The minimum Gasteiger partial charge on any atom is -0.310 e. The van der Waals surface area contributed by atoms with Crippen molar-refractivity contribution in [2.75, 3.05) is 13.1 Å². The molecule has 2 aliphatic heterocycles. The van der Waals surface area contributed by atoms with Crippen LogP contribution in [-0.2, 0) is 16.6 Å². The summed E-state index contributed by atoms with van der Waals surface area (Å²) in [4.78, 5) is 2.78. The molecule has 0 bridgehead atoms. The Bertz CT molecular complexity index is 585. The first-order valence-electron chi connectivity index (χ1n) is 7.61. The molecule has 2 saturated heterocycles. The maximum Gasteiger partial charge on any atom is 0.238 e. The molecule has 0 saturated carbocycles. The van der Waals surface area contributed by atoms with Gasteiger partial charge >= 0.3 is 0 Å². The molecule has 3 rings (SSSR count). The van der Waals surface area contributed by atoms with Crippen LogP contribution in [0.1, 0.15) is 31.2 Å². The largest absolute Gasteiger partial charge is 0.310 e. The molecule has 2 heterocycles. The fourth-order valence-corrected chi connectivity index (χ4v) is 3.98. The summed E-state index contributed by atoms with van der Waals surface area (Å²) in [6.45, 7) is 3.25. The molecule has 21 heavy (non-hydrogen) atoms. The molecule has 2 atom stereocenters. The van der Waals surface area contributed by atoms with E-state index in [0.717, 1.165) is 18.2 Å². The molecule has 6 heteroatoms. The van der Waals surface area contributed by atoms with Crippen molar-refractivity contribution in [2.45, 2.75) is 49.2 Å². The van der Waals surface area contributed by atoms with Crippen LogP contribution >= 0.6 is 0 Å². The van der Waals surface area contributed by atoms with Crippen molar-refractivity contribution in [3.63, 3.8) is 0 Å². The predicted octanol–water partition coefficient (Wildman–Crippen LogP) is 1.05. The highest BCUT2D eigenvalue weighted by Crippen LogP contribution is 2.26. The fraction of sp³-hybridized carbons (Fsp3) is 0.600. The number of nitrogens with one attached hydrogen (secondary N) is 1. The molecule has 0 radical (unpaired) electrons. The first-order chi connectivity index (χ1) is 10.0. The van der Waals surface area contributed by atoms with Crippen LogP contribution < -0.4 is 10.5 Å². The third-order valence-electron chi connectivity index (χ3n) is 4.67. The fourth-order valence-electron chi connectivity index (χ4n) is 3.47. The highest BCUT2D eigenvalue weighted by atomic mass is 32.2. The second-order valence-electron chi connectivity index (χ2n) is 6.12. The number of sulfonamides is 1. The second kappa shape index (κ2) is 6.04. The number of piperidine rings is 1. The SMILES string of the molecule is NS(=O)(=O)c1ccc(CNC2CCN3CCCC3C2)cc1. The number of nitrogens with zero attached hydrogens (tertiary/aromatic N) is 1. The maximum absolute atomic E-state index is 11.2. The van der Waals surface area contributed by atoms with Gasteiger partial charge in [-0.1, -0.05) is 12.1 Å². The van der Waals surface area contributed by atoms with Crippen LogP contribution in [0.15, 0.2) is 29.2 Å². The molecule has 0 spiro atoms. The lowest BCUT2D eigenvalue weighted by molar-refractivity contribution is 0.166. The zero-order valence-corrected chi connectivity index (χ0v) is 13.0. The van der Waals surface area contributed by atoms with Crippen LogP contribution in [0, 0.1) is 0 Å². The van der Waals surface area contributed by atoms with Crippen molar-refractivity contribution >= 4 is 10.0 Å². The molecule has 5 nitrogen and oxygen atoms in total. The van der Waals surface area contributed by atoms with Crippen molar-refractivity contribution < 1.29 is 8.42 Å². The van der Waals surface area contributed by atoms with E-state index in [9.17, 15) is 8.42 Å². The van der Waals surface area contributed by atoms with Crippen molar-refractivity contribution in [3.05, 3.63) is 29.8 Å². The first-order valence-corrected chi connectivity index (χ1v) is 9.16. The topological polar surface area (TPSA) is 75.4 Å². The van der Waals surface area contributed by atoms with Crippen LogP contribution in [0.4, 0.5) is 0 Å². The Morgan fingerprint density at radius 2 is 1.95 bits per heavy atom. The summed E-state index contributed by atoms with van der Waals surface area (Å²) in [5.74, 6) is 0. The van der Waals surface area contributed by atoms with Gasteiger partial charge in [-0.2, -0.15) is 0 Å². The summed E-state index contributed by atoms with van der Waals surface area (Å²) < 4.78 is 22.4. The van der Waals surface area contributed by atoms with Gasteiger partial charge in [0.1, 0.15) is 0 Å². The Morgan fingerprint density at radius 1 is 1.19 bits per heavy atom. The molecule has 0 aliphatic carbocycles. The number of benzene rings is 1. The summed E-state index contributed by atoms with van der Waals surface area (Å²) in [6, 6.07) is 8.15. The van der Waals surface area contributed by atoms with Gasteiger partial charge in [-0.25, -0.2) is 13.6 Å². The smallest absolute Gasteiger partial charge is 0.238 e. The third kappa shape index (κ3) is 3.63. The molecule has 1 aromatic rings. The number of nitrogens with two attached hydrogens (primary N) is 1. The summed E-state index contributed by atoms with van der Waals surface area (Å²) in [5, 5.41) is 8.70. The Labute approximate surface area is 126 Å². The molecular formula is C15H23N3O2S. The number of rotatable bonds is 4. The van der Waals surface area contributed by atoms with Gasteiger partial charge in [0.15, 0.2) is 0 Å². The summed E-state index contributed by atoms with van der Waals surface area (Å²) in [5.41, 5.74) is 1.09. The van der Waals surface area contributed by atoms with E-state index in [-0.39, 0.29) is 4.90 Å². The molecule has 1 aromatic carbocycles. The molecule has 2 aliphatic rings. The van der Waals surface area contributed by atoms with Crippen molar-refractivity contribution in [3.8, 4) is 0 Å². The van der Waals surface area contributed by atoms with Gasteiger partial charge in [0, 0.05) is 18.6 Å². The number of primary sulfonamides is 1. The summed E-state index contributed by atoms with van der Waals surface area (Å²) in [7, 11) is -3.59. The van der Waals surface area contributed by atoms with Crippen LogP contribution in [0.5, 0.6) is 0 Å². The van der Waals surface area contributed by atoms with E-state index in [1.807, 2.05) is 12.1 Å². The van der Waals surface area contributed by atoms with E-state index in [4.69, 9.17) is 5.14 Å². The molecule has 3 N–H and O–H groups in total. The predicted molar refractivity (Wildman–Crippen MR) is 82.3 cm³/mol. The molecular weight excluding hydrogens is 286 g/mol. The van der Waals surface area contributed by atoms with Gasteiger partial charge in [-0.05, 0) is 56.5 Å². The first kappa shape index (κ1) is 15.0. The third-order valence-corrected chi connectivity index (χ3v) is 5.60. The molecule has 0 aromatic heterocycles. The number of hydrogen-bond donors (Lipinski definition) is 2. The van der Waals surface area contributed by atoms with E-state index < -0.39 is 10.0 Å². The zero-order chi connectivity index (χ0) is 14.9. The van der Waals surface area contributed by atoms with E-state index in [1.165, 1.54) is 38.8 Å². The molecule has 2 unspecified atom stereocenters. The van der Waals surface area contributed by atoms with Gasteiger partial charge in [0.25, 0.3) is 0 Å². The molecule has 2 fully saturated rings. The van der Waals surface area contributed by atoms with Gasteiger partial charge in [-0.3, -0.25) is 0 Å². The highest BCUT2D eigenvalue weighted by Gasteiger charge is 2.31. The van der Waals surface area contributed by atoms with Crippen LogP contribution in [0.2, 0.25) is 0 Å². The van der Waals surface area contributed by atoms with Gasteiger partial charge < -0.3 is 10.2 Å². The highest BCUT2D eigenvalue weighted by molar-refractivity contribution is 7.89. The van der Waals surface area contributed by atoms with Gasteiger partial charge in [0.2, 0.25) is 10.0 Å². The molecule has 0 amide bonds. The normalized spacial score (nSPS) is 26.7. The minimum atomic E-state index is -3.59. The Kier molecular flexibility index (Phi) is 4.31. The summed E-state index contributed by atoms with van der Waals surface area (Å²) >= 11 is 0. The lowest BCUT2D eigenvalue weighted by Gasteiger charge is -2.35. The quantitative estimate of drug-likeness (QED) is 0.872. The van der Waals surface area contributed by atoms with Gasteiger partial charge in [0.05, 0.1) is 4.90 Å². The standard InChI is InChI=1S/C15H23N3O2S/c16-21(19,20)15-5-3-12(4-6-15)11-17-13-7-9-18-8-1-2-14(18)10-13/h3-6,13-14,17H,1-2,7-11H2,(H2,16,19,20). The van der Waals surface area contributed by atoms with E-state index >= 15 is 0 Å².